The second kappa shape index (κ2) is 6.25. The number of benzene rings is 1. The lowest BCUT2D eigenvalue weighted by Crippen LogP contribution is -2.19. The van der Waals surface area contributed by atoms with Crippen LogP contribution in [0.4, 0.5) is 0 Å². The predicted octanol–water partition coefficient (Wildman–Crippen LogP) is 2.84. The van der Waals surface area contributed by atoms with Crippen molar-refractivity contribution in [3.05, 3.63) is 53.5 Å². The molecule has 2 aromatic rings. The third-order valence-electron chi connectivity index (χ3n) is 3.15. The van der Waals surface area contributed by atoms with Gasteiger partial charge in [0.15, 0.2) is 0 Å². The van der Waals surface area contributed by atoms with Crippen LogP contribution in [0.2, 0.25) is 0 Å². The van der Waals surface area contributed by atoms with Crippen molar-refractivity contribution in [1.82, 2.24) is 5.32 Å². The Morgan fingerprint density at radius 3 is 2.85 bits per heavy atom. The first-order valence-corrected chi connectivity index (χ1v) is 6.29. The number of rotatable bonds is 6. The summed E-state index contributed by atoms with van der Waals surface area (Å²) in [5.74, 6) is -0.278. The molecule has 0 radical (unpaired) electrons. The first-order chi connectivity index (χ1) is 9.63. The quantitative estimate of drug-likeness (QED) is 0.848. The maximum Gasteiger partial charge on any atom is 0.372 e. The standard InChI is InChI=1S/C15H17NO4/c1-10(12-5-3-4-6-13(12)19-2)16-9-11-7-8-20-14(11)15(17)18/h3-8,10,16H,9H2,1-2H3,(H,17,18)/t10-/m0/s1. The van der Waals surface area contributed by atoms with E-state index in [0.717, 1.165) is 11.3 Å². The first-order valence-electron chi connectivity index (χ1n) is 6.29. The molecule has 0 bridgehead atoms. The molecule has 0 aliphatic heterocycles. The Kier molecular flexibility index (Phi) is 4.42. The number of methoxy groups -OCH3 is 1. The lowest BCUT2D eigenvalue weighted by molar-refractivity contribution is 0.0660. The third kappa shape index (κ3) is 3.00. The third-order valence-corrected chi connectivity index (χ3v) is 3.15. The van der Waals surface area contributed by atoms with E-state index in [1.807, 2.05) is 31.2 Å². The van der Waals surface area contributed by atoms with Gasteiger partial charge in [-0.25, -0.2) is 4.79 Å². The minimum Gasteiger partial charge on any atom is -0.496 e. The van der Waals surface area contributed by atoms with Crippen LogP contribution in [-0.2, 0) is 6.54 Å². The van der Waals surface area contributed by atoms with Crippen LogP contribution in [0.3, 0.4) is 0 Å². The molecule has 0 saturated carbocycles. The smallest absolute Gasteiger partial charge is 0.372 e. The van der Waals surface area contributed by atoms with Gasteiger partial charge in [-0.15, -0.1) is 0 Å². The van der Waals surface area contributed by atoms with E-state index in [9.17, 15) is 4.79 Å². The van der Waals surface area contributed by atoms with Crippen LogP contribution in [0.25, 0.3) is 0 Å². The number of hydrogen-bond donors (Lipinski definition) is 2. The Balaban J connectivity index is 2.07. The molecule has 106 valence electrons. The van der Waals surface area contributed by atoms with Gasteiger partial charge in [0, 0.05) is 23.7 Å². The van der Waals surface area contributed by atoms with E-state index in [1.54, 1.807) is 13.2 Å². The molecule has 0 saturated heterocycles. The predicted molar refractivity (Wildman–Crippen MR) is 73.9 cm³/mol. The molecule has 0 spiro atoms. The average Bonchev–Trinajstić information content (AvgIpc) is 2.93. The summed E-state index contributed by atoms with van der Waals surface area (Å²) in [7, 11) is 1.63. The minimum absolute atomic E-state index is 0.0234. The molecule has 0 aliphatic rings. The monoisotopic (exact) mass is 275 g/mol. The number of hydrogen-bond acceptors (Lipinski definition) is 4. The molecular weight excluding hydrogens is 258 g/mol. The summed E-state index contributed by atoms with van der Waals surface area (Å²) in [6.07, 6.45) is 1.38. The number of para-hydroxylation sites is 1. The van der Waals surface area contributed by atoms with E-state index >= 15 is 0 Å². The minimum atomic E-state index is -1.06. The second-order valence-corrected chi connectivity index (χ2v) is 4.42. The van der Waals surface area contributed by atoms with Crippen LogP contribution >= 0.6 is 0 Å². The zero-order chi connectivity index (χ0) is 14.5. The Morgan fingerprint density at radius 2 is 2.15 bits per heavy atom. The van der Waals surface area contributed by atoms with Crippen molar-refractivity contribution in [1.29, 1.82) is 0 Å². The molecule has 20 heavy (non-hydrogen) atoms. The highest BCUT2D eigenvalue weighted by Gasteiger charge is 2.15. The Labute approximate surface area is 117 Å². The van der Waals surface area contributed by atoms with Crippen LogP contribution < -0.4 is 10.1 Å². The molecule has 2 N–H and O–H groups in total. The Bertz CT molecular complexity index is 591. The van der Waals surface area contributed by atoms with Gasteiger partial charge >= 0.3 is 5.97 Å². The topological polar surface area (TPSA) is 71.7 Å². The van der Waals surface area contributed by atoms with Crippen molar-refractivity contribution in [2.45, 2.75) is 19.5 Å². The fraction of sp³-hybridized carbons (Fsp3) is 0.267. The van der Waals surface area contributed by atoms with Crippen molar-refractivity contribution < 1.29 is 19.1 Å². The number of carboxylic acids is 1. The summed E-state index contributed by atoms with van der Waals surface area (Å²) < 4.78 is 10.3. The van der Waals surface area contributed by atoms with E-state index in [0.29, 0.717) is 12.1 Å². The largest absolute Gasteiger partial charge is 0.496 e. The van der Waals surface area contributed by atoms with Crippen molar-refractivity contribution in [3.63, 3.8) is 0 Å². The van der Waals surface area contributed by atoms with Gasteiger partial charge < -0.3 is 19.6 Å². The van der Waals surface area contributed by atoms with E-state index in [1.165, 1.54) is 6.26 Å². The lowest BCUT2D eigenvalue weighted by atomic mass is 10.1. The van der Waals surface area contributed by atoms with Crippen LogP contribution in [0.1, 0.15) is 34.6 Å². The molecule has 5 nitrogen and oxygen atoms in total. The molecule has 0 amide bonds. The highest BCUT2D eigenvalue weighted by molar-refractivity contribution is 5.86. The van der Waals surface area contributed by atoms with Crippen molar-refractivity contribution in [2.24, 2.45) is 0 Å². The van der Waals surface area contributed by atoms with Crippen LogP contribution in [-0.4, -0.2) is 18.2 Å². The summed E-state index contributed by atoms with van der Waals surface area (Å²) in [5, 5.41) is 12.2. The zero-order valence-corrected chi connectivity index (χ0v) is 11.4. The van der Waals surface area contributed by atoms with Crippen molar-refractivity contribution >= 4 is 5.97 Å². The summed E-state index contributed by atoms with van der Waals surface area (Å²) >= 11 is 0. The molecule has 5 heteroatoms. The number of nitrogens with one attached hydrogen (secondary N) is 1. The number of aromatic carboxylic acids is 1. The summed E-state index contributed by atoms with van der Waals surface area (Å²) in [5.41, 5.74) is 1.65. The molecule has 0 aliphatic carbocycles. The molecule has 2 rings (SSSR count). The number of carboxylic acid groups (broad SMARTS) is 1. The molecular formula is C15H17NO4. The molecule has 1 aromatic heterocycles. The molecule has 0 fully saturated rings. The van der Waals surface area contributed by atoms with Gasteiger partial charge in [0.05, 0.1) is 13.4 Å². The van der Waals surface area contributed by atoms with E-state index in [2.05, 4.69) is 5.32 Å². The fourth-order valence-corrected chi connectivity index (χ4v) is 2.06. The average molecular weight is 275 g/mol. The van der Waals surface area contributed by atoms with Gasteiger partial charge in [0.25, 0.3) is 0 Å². The van der Waals surface area contributed by atoms with E-state index in [-0.39, 0.29) is 11.8 Å². The van der Waals surface area contributed by atoms with Gasteiger partial charge in [0.2, 0.25) is 5.76 Å². The fourth-order valence-electron chi connectivity index (χ4n) is 2.06. The highest BCUT2D eigenvalue weighted by Crippen LogP contribution is 2.24. The lowest BCUT2D eigenvalue weighted by Gasteiger charge is -2.16. The normalized spacial score (nSPS) is 12.1. The van der Waals surface area contributed by atoms with Gasteiger partial charge in [-0.05, 0) is 19.1 Å². The first kappa shape index (κ1) is 14.1. The number of carbonyl (C=O) groups is 1. The van der Waals surface area contributed by atoms with Gasteiger partial charge in [-0.1, -0.05) is 18.2 Å². The van der Waals surface area contributed by atoms with Crippen molar-refractivity contribution in [2.75, 3.05) is 7.11 Å². The summed E-state index contributed by atoms with van der Waals surface area (Å²) in [4.78, 5) is 11.0. The molecule has 0 unspecified atom stereocenters. The maximum absolute atomic E-state index is 11.0. The van der Waals surface area contributed by atoms with Crippen molar-refractivity contribution in [3.8, 4) is 5.75 Å². The molecule has 1 aromatic carbocycles. The zero-order valence-electron chi connectivity index (χ0n) is 11.4. The molecule has 1 heterocycles. The maximum atomic E-state index is 11.0. The Hall–Kier alpha value is -2.27. The highest BCUT2D eigenvalue weighted by atomic mass is 16.5. The number of ether oxygens (including phenoxy) is 1. The van der Waals surface area contributed by atoms with E-state index in [4.69, 9.17) is 14.3 Å². The summed E-state index contributed by atoms with van der Waals surface area (Å²) in [6.45, 7) is 2.41. The van der Waals surface area contributed by atoms with Gasteiger partial charge in [0.1, 0.15) is 5.75 Å². The number of furan rings is 1. The molecule has 1 atom stereocenters. The Morgan fingerprint density at radius 1 is 1.40 bits per heavy atom. The van der Waals surface area contributed by atoms with Gasteiger partial charge in [-0.2, -0.15) is 0 Å². The summed E-state index contributed by atoms with van der Waals surface area (Å²) in [6, 6.07) is 9.41. The van der Waals surface area contributed by atoms with E-state index < -0.39 is 5.97 Å². The second-order valence-electron chi connectivity index (χ2n) is 4.42. The van der Waals surface area contributed by atoms with Gasteiger partial charge in [-0.3, -0.25) is 0 Å². The SMILES string of the molecule is COc1ccccc1[C@H](C)NCc1ccoc1C(=O)O. The van der Waals surface area contributed by atoms with Crippen LogP contribution in [0.5, 0.6) is 5.75 Å². The van der Waals surface area contributed by atoms with Crippen LogP contribution in [0.15, 0.2) is 41.0 Å². The van der Waals surface area contributed by atoms with Crippen LogP contribution in [0, 0.1) is 0 Å².